The molecule has 9 heteroatoms. The first kappa shape index (κ1) is 19.7. The maximum atomic E-state index is 12.3. The van der Waals surface area contributed by atoms with E-state index in [-0.39, 0.29) is 24.3 Å². The Balaban J connectivity index is 1.58. The van der Waals surface area contributed by atoms with E-state index in [1.807, 2.05) is 11.9 Å². The molecule has 9 nitrogen and oxygen atoms in total. The molecule has 1 aliphatic rings. The van der Waals surface area contributed by atoms with Crippen LogP contribution in [0, 0.1) is 6.92 Å². The van der Waals surface area contributed by atoms with E-state index in [0.717, 1.165) is 5.69 Å². The Morgan fingerprint density at radius 3 is 2.82 bits per heavy atom. The summed E-state index contributed by atoms with van der Waals surface area (Å²) in [6, 6.07) is 5.23. The number of nitrogens with one attached hydrogen (secondary N) is 1. The van der Waals surface area contributed by atoms with E-state index in [1.54, 1.807) is 39.2 Å². The molecule has 1 aromatic heterocycles. The van der Waals surface area contributed by atoms with Crippen LogP contribution in [-0.4, -0.2) is 67.2 Å². The molecule has 0 radical (unpaired) electrons. The van der Waals surface area contributed by atoms with Gasteiger partial charge in [0.15, 0.2) is 5.82 Å². The standard InChI is InChI=1S/C19H25N5O4/c1-12-21-17(22-28-12)7-8-20-18(25)10-14-11-27-16-6-5-13(19(26)23(2)3)9-15(16)24(14)4/h5-6,9,14H,7-8,10-11H2,1-4H3,(H,20,25). The first-order chi connectivity index (χ1) is 13.3. The average Bonchev–Trinajstić information content (AvgIpc) is 3.08. The molecule has 0 fully saturated rings. The number of rotatable bonds is 6. The fraction of sp³-hybridized carbons (Fsp3) is 0.474. The number of aryl methyl sites for hydroxylation is 1. The van der Waals surface area contributed by atoms with Crippen LogP contribution in [0.2, 0.25) is 0 Å². The Hall–Kier alpha value is -3.10. The summed E-state index contributed by atoms with van der Waals surface area (Å²) in [5, 5.41) is 6.68. The average molecular weight is 387 g/mol. The molecule has 0 bridgehead atoms. The van der Waals surface area contributed by atoms with Crippen LogP contribution < -0.4 is 15.0 Å². The molecular formula is C19H25N5O4. The largest absolute Gasteiger partial charge is 0.489 e. The molecule has 1 aromatic carbocycles. The molecule has 2 aromatic rings. The number of amides is 2. The van der Waals surface area contributed by atoms with Gasteiger partial charge in [0.2, 0.25) is 11.8 Å². The zero-order valence-corrected chi connectivity index (χ0v) is 16.6. The van der Waals surface area contributed by atoms with Crippen LogP contribution in [0.4, 0.5) is 5.69 Å². The van der Waals surface area contributed by atoms with Gasteiger partial charge in [0.25, 0.3) is 5.91 Å². The van der Waals surface area contributed by atoms with Crippen LogP contribution in [0.5, 0.6) is 5.75 Å². The second kappa shape index (κ2) is 8.28. The van der Waals surface area contributed by atoms with E-state index in [9.17, 15) is 9.59 Å². The highest BCUT2D eigenvalue weighted by Gasteiger charge is 2.27. The predicted octanol–water partition coefficient (Wildman–Crippen LogP) is 1.03. The van der Waals surface area contributed by atoms with Crippen molar-refractivity contribution < 1.29 is 18.8 Å². The number of anilines is 1. The van der Waals surface area contributed by atoms with Gasteiger partial charge in [-0.25, -0.2) is 0 Å². The molecule has 0 saturated carbocycles. The van der Waals surface area contributed by atoms with E-state index < -0.39 is 0 Å². The van der Waals surface area contributed by atoms with Crippen molar-refractivity contribution in [2.45, 2.75) is 25.8 Å². The summed E-state index contributed by atoms with van der Waals surface area (Å²) < 4.78 is 10.7. The summed E-state index contributed by atoms with van der Waals surface area (Å²) in [6.07, 6.45) is 0.798. The molecular weight excluding hydrogens is 362 g/mol. The Morgan fingerprint density at radius 1 is 1.36 bits per heavy atom. The number of ether oxygens (including phenoxy) is 1. The van der Waals surface area contributed by atoms with Crippen molar-refractivity contribution in [1.82, 2.24) is 20.4 Å². The fourth-order valence-corrected chi connectivity index (χ4v) is 3.04. The van der Waals surface area contributed by atoms with Gasteiger partial charge < -0.3 is 24.4 Å². The zero-order valence-electron chi connectivity index (χ0n) is 16.6. The number of likely N-dealkylation sites (N-methyl/N-ethyl adjacent to an activating group) is 1. The van der Waals surface area contributed by atoms with Crippen molar-refractivity contribution in [3.05, 3.63) is 35.5 Å². The molecule has 3 rings (SSSR count). The second-order valence-electron chi connectivity index (χ2n) is 6.99. The number of aromatic nitrogens is 2. The topological polar surface area (TPSA) is 101 Å². The highest BCUT2D eigenvalue weighted by molar-refractivity contribution is 5.95. The van der Waals surface area contributed by atoms with Crippen LogP contribution in [0.3, 0.4) is 0 Å². The summed E-state index contributed by atoms with van der Waals surface area (Å²) in [4.78, 5) is 32.2. The number of hydrogen-bond acceptors (Lipinski definition) is 7. The predicted molar refractivity (Wildman–Crippen MR) is 103 cm³/mol. The molecule has 1 N–H and O–H groups in total. The van der Waals surface area contributed by atoms with Gasteiger partial charge in [-0.05, 0) is 18.2 Å². The van der Waals surface area contributed by atoms with Crippen LogP contribution in [-0.2, 0) is 11.2 Å². The van der Waals surface area contributed by atoms with Crippen molar-refractivity contribution in [2.24, 2.45) is 0 Å². The van der Waals surface area contributed by atoms with Crippen molar-refractivity contribution in [1.29, 1.82) is 0 Å². The molecule has 0 spiro atoms. The molecule has 2 amide bonds. The Kier molecular flexibility index (Phi) is 5.81. The van der Waals surface area contributed by atoms with Crippen LogP contribution in [0.25, 0.3) is 0 Å². The molecule has 150 valence electrons. The lowest BCUT2D eigenvalue weighted by Crippen LogP contribution is -2.44. The highest BCUT2D eigenvalue weighted by Crippen LogP contribution is 2.34. The summed E-state index contributed by atoms with van der Waals surface area (Å²) >= 11 is 0. The normalized spacial score (nSPS) is 15.6. The third kappa shape index (κ3) is 4.41. The van der Waals surface area contributed by atoms with Gasteiger partial charge in [-0.3, -0.25) is 9.59 Å². The van der Waals surface area contributed by atoms with Crippen molar-refractivity contribution in [2.75, 3.05) is 39.2 Å². The smallest absolute Gasteiger partial charge is 0.253 e. The van der Waals surface area contributed by atoms with Gasteiger partial charge in [-0.2, -0.15) is 4.98 Å². The highest BCUT2D eigenvalue weighted by atomic mass is 16.5. The minimum Gasteiger partial charge on any atom is -0.489 e. The second-order valence-corrected chi connectivity index (χ2v) is 6.99. The monoisotopic (exact) mass is 387 g/mol. The maximum Gasteiger partial charge on any atom is 0.253 e. The lowest BCUT2D eigenvalue weighted by molar-refractivity contribution is -0.121. The minimum atomic E-state index is -0.121. The molecule has 0 saturated heterocycles. The van der Waals surface area contributed by atoms with E-state index in [1.165, 1.54) is 4.90 Å². The van der Waals surface area contributed by atoms with Gasteiger partial charge in [0.05, 0.1) is 18.2 Å². The van der Waals surface area contributed by atoms with Crippen molar-refractivity contribution in [3.8, 4) is 5.75 Å². The number of nitrogens with zero attached hydrogens (tertiary/aromatic N) is 4. The van der Waals surface area contributed by atoms with E-state index in [2.05, 4.69) is 15.5 Å². The van der Waals surface area contributed by atoms with Crippen molar-refractivity contribution in [3.63, 3.8) is 0 Å². The number of hydrogen-bond donors (Lipinski definition) is 1. The number of carbonyl (C=O) groups excluding carboxylic acids is 2. The van der Waals surface area contributed by atoms with Crippen LogP contribution in [0.15, 0.2) is 22.7 Å². The third-order valence-corrected chi connectivity index (χ3v) is 4.63. The lowest BCUT2D eigenvalue weighted by Gasteiger charge is -2.35. The molecule has 0 aliphatic carbocycles. The Morgan fingerprint density at radius 2 is 2.14 bits per heavy atom. The minimum absolute atomic E-state index is 0.0761. The summed E-state index contributed by atoms with van der Waals surface area (Å²) in [6.45, 7) is 2.57. The van der Waals surface area contributed by atoms with Crippen LogP contribution >= 0.6 is 0 Å². The van der Waals surface area contributed by atoms with Gasteiger partial charge in [0.1, 0.15) is 12.4 Å². The zero-order chi connectivity index (χ0) is 20.3. The molecule has 1 aliphatic heterocycles. The SMILES string of the molecule is Cc1nc(CCNC(=O)CC2COc3ccc(C(=O)N(C)C)cc3N2C)no1. The van der Waals surface area contributed by atoms with E-state index >= 15 is 0 Å². The third-order valence-electron chi connectivity index (χ3n) is 4.63. The Bertz CT molecular complexity index is 864. The molecule has 2 heterocycles. The molecule has 1 unspecified atom stereocenters. The first-order valence-electron chi connectivity index (χ1n) is 9.12. The quantitative estimate of drug-likeness (QED) is 0.790. The van der Waals surface area contributed by atoms with E-state index in [0.29, 0.717) is 42.6 Å². The van der Waals surface area contributed by atoms with Crippen molar-refractivity contribution >= 4 is 17.5 Å². The van der Waals surface area contributed by atoms with Gasteiger partial charge in [0, 0.05) is 46.6 Å². The number of benzene rings is 1. The fourth-order valence-electron chi connectivity index (χ4n) is 3.04. The molecule has 28 heavy (non-hydrogen) atoms. The number of fused-ring (bicyclic) bond motifs is 1. The first-order valence-corrected chi connectivity index (χ1v) is 9.12. The van der Waals surface area contributed by atoms with Gasteiger partial charge in [-0.15, -0.1) is 0 Å². The summed E-state index contributed by atoms with van der Waals surface area (Å²) in [5.74, 6) is 1.63. The lowest BCUT2D eigenvalue weighted by atomic mass is 10.1. The molecule has 1 atom stereocenters. The maximum absolute atomic E-state index is 12.3. The van der Waals surface area contributed by atoms with E-state index in [4.69, 9.17) is 9.26 Å². The number of carbonyl (C=O) groups is 2. The van der Waals surface area contributed by atoms with Gasteiger partial charge >= 0.3 is 0 Å². The summed E-state index contributed by atoms with van der Waals surface area (Å²) in [5.41, 5.74) is 1.39. The van der Waals surface area contributed by atoms with Gasteiger partial charge in [-0.1, -0.05) is 5.16 Å². The van der Waals surface area contributed by atoms with Crippen LogP contribution in [0.1, 0.15) is 28.5 Å². The summed E-state index contributed by atoms with van der Waals surface area (Å²) in [7, 11) is 5.33. The Labute approximate surface area is 163 Å².